The molecule has 0 spiro atoms. The Bertz CT molecular complexity index is 378. The molecule has 1 saturated heterocycles. The molecule has 0 bridgehead atoms. The average Bonchev–Trinajstić information content (AvgIpc) is 2.72. The van der Waals surface area contributed by atoms with Crippen molar-refractivity contribution in [2.75, 3.05) is 12.3 Å². The summed E-state index contributed by atoms with van der Waals surface area (Å²) < 4.78 is 0. The Hall–Kier alpha value is -1.17. The lowest BCUT2D eigenvalue weighted by molar-refractivity contribution is -0.141. The maximum atomic E-state index is 12.2. The highest BCUT2D eigenvalue weighted by Crippen LogP contribution is 2.33. The zero-order valence-electron chi connectivity index (χ0n) is 11.8. The van der Waals surface area contributed by atoms with Gasteiger partial charge in [-0.15, -0.1) is 11.8 Å². The average molecular weight is 286 g/mol. The number of carboxylic acid groups (broad SMARTS) is 1. The second-order valence-corrected chi connectivity index (χ2v) is 6.35. The number of thioether (sulfide) groups is 1. The number of urea groups is 1. The monoisotopic (exact) mass is 286 g/mol. The summed E-state index contributed by atoms with van der Waals surface area (Å²) in [5, 5.41) is 11.9. The molecule has 1 aliphatic rings. The van der Waals surface area contributed by atoms with Crippen LogP contribution >= 0.6 is 11.8 Å². The van der Waals surface area contributed by atoms with Crippen LogP contribution in [0.2, 0.25) is 0 Å². The number of hydrogen-bond donors (Lipinski definition) is 2. The van der Waals surface area contributed by atoms with Crippen LogP contribution in [0, 0.1) is 5.92 Å². The Balaban J connectivity index is 2.75. The molecular formula is C13H22N2O3S. The molecule has 0 aromatic rings. The van der Waals surface area contributed by atoms with Crippen molar-refractivity contribution >= 4 is 23.8 Å². The number of rotatable bonds is 4. The van der Waals surface area contributed by atoms with Crippen LogP contribution in [0.15, 0.2) is 11.6 Å². The van der Waals surface area contributed by atoms with Gasteiger partial charge >= 0.3 is 12.0 Å². The zero-order valence-corrected chi connectivity index (χ0v) is 12.7. The number of aliphatic carboxylic acids is 1. The van der Waals surface area contributed by atoms with Crippen LogP contribution in [-0.2, 0) is 4.79 Å². The van der Waals surface area contributed by atoms with Crippen LogP contribution in [0.5, 0.6) is 0 Å². The van der Waals surface area contributed by atoms with E-state index in [9.17, 15) is 14.7 Å². The van der Waals surface area contributed by atoms with Gasteiger partial charge in [-0.2, -0.15) is 0 Å². The second-order valence-electron chi connectivity index (χ2n) is 5.20. The predicted molar refractivity (Wildman–Crippen MR) is 77.2 cm³/mol. The van der Waals surface area contributed by atoms with Crippen molar-refractivity contribution in [2.24, 2.45) is 5.92 Å². The van der Waals surface area contributed by atoms with E-state index in [1.165, 1.54) is 16.7 Å². The van der Waals surface area contributed by atoms with Crippen molar-refractivity contribution < 1.29 is 14.7 Å². The lowest BCUT2D eigenvalue weighted by atomic mass is 10.2. The Morgan fingerprint density at radius 1 is 1.47 bits per heavy atom. The minimum Gasteiger partial charge on any atom is -0.480 e. The number of carbonyl (C=O) groups is 2. The Kier molecular flexibility index (Phi) is 5.72. The fraction of sp³-hybridized carbons (Fsp3) is 0.692. The van der Waals surface area contributed by atoms with Crippen molar-refractivity contribution in [1.82, 2.24) is 10.2 Å². The van der Waals surface area contributed by atoms with E-state index in [-0.39, 0.29) is 17.3 Å². The van der Waals surface area contributed by atoms with Gasteiger partial charge in [0.25, 0.3) is 0 Å². The molecule has 19 heavy (non-hydrogen) atoms. The van der Waals surface area contributed by atoms with Gasteiger partial charge in [0.1, 0.15) is 6.04 Å². The van der Waals surface area contributed by atoms with Crippen molar-refractivity contribution in [2.45, 2.75) is 39.1 Å². The number of nitrogens with one attached hydrogen (secondary N) is 1. The fourth-order valence-electron chi connectivity index (χ4n) is 1.92. The van der Waals surface area contributed by atoms with E-state index in [0.717, 1.165) is 5.57 Å². The quantitative estimate of drug-likeness (QED) is 0.777. The number of amides is 2. The van der Waals surface area contributed by atoms with Crippen molar-refractivity contribution in [3.8, 4) is 0 Å². The Labute approximate surface area is 118 Å². The summed E-state index contributed by atoms with van der Waals surface area (Å²) in [6.45, 7) is 8.33. The number of carboxylic acids is 1. The molecule has 0 aromatic heterocycles. The van der Waals surface area contributed by atoms with Crippen LogP contribution in [0.25, 0.3) is 0 Å². The third kappa shape index (κ3) is 4.16. The molecular weight excluding hydrogens is 264 g/mol. The molecule has 6 heteroatoms. The summed E-state index contributed by atoms with van der Waals surface area (Å²) in [6.07, 6.45) is 1.90. The highest BCUT2D eigenvalue weighted by atomic mass is 32.2. The first-order chi connectivity index (χ1) is 8.84. The van der Waals surface area contributed by atoms with Crippen LogP contribution in [0.3, 0.4) is 0 Å². The van der Waals surface area contributed by atoms with Gasteiger partial charge in [-0.05, 0) is 19.8 Å². The third-order valence-electron chi connectivity index (χ3n) is 2.89. The summed E-state index contributed by atoms with van der Waals surface area (Å²) in [5.41, 5.74) is 1.12. The molecule has 1 rings (SSSR count). The summed E-state index contributed by atoms with van der Waals surface area (Å²) in [5.74, 6) is -0.259. The highest BCUT2D eigenvalue weighted by Gasteiger charge is 2.42. The molecule has 0 saturated carbocycles. The van der Waals surface area contributed by atoms with E-state index in [0.29, 0.717) is 12.3 Å². The lowest BCUT2D eigenvalue weighted by Gasteiger charge is -2.29. The van der Waals surface area contributed by atoms with E-state index in [1.807, 2.05) is 33.8 Å². The molecule has 1 fully saturated rings. The number of allylic oxidation sites excluding steroid dienone is 1. The second kappa shape index (κ2) is 6.84. The Morgan fingerprint density at radius 2 is 2.11 bits per heavy atom. The topological polar surface area (TPSA) is 69.6 Å². The van der Waals surface area contributed by atoms with Gasteiger partial charge < -0.3 is 10.4 Å². The molecule has 0 aliphatic carbocycles. The summed E-state index contributed by atoms with van der Waals surface area (Å²) in [7, 11) is 0. The number of carbonyl (C=O) groups excluding carboxylic acids is 1. The molecule has 0 radical (unpaired) electrons. The molecule has 2 unspecified atom stereocenters. The minimum atomic E-state index is -0.937. The van der Waals surface area contributed by atoms with Gasteiger partial charge in [-0.1, -0.05) is 25.5 Å². The Morgan fingerprint density at radius 3 is 2.58 bits per heavy atom. The molecule has 5 nitrogen and oxygen atoms in total. The van der Waals surface area contributed by atoms with Crippen LogP contribution in [0.4, 0.5) is 4.79 Å². The van der Waals surface area contributed by atoms with E-state index >= 15 is 0 Å². The maximum absolute atomic E-state index is 12.2. The molecule has 2 atom stereocenters. The smallest absolute Gasteiger partial charge is 0.327 e. The molecule has 1 aliphatic heterocycles. The van der Waals surface area contributed by atoms with Crippen LogP contribution in [-0.4, -0.2) is 45.7 Å². The summed E-state index contributed by atoms with van der Waals surface area (Å²) in [6, 6.07) is -1.03. The van der Waals surface area contributed by atoms with Gasteiger partial charge in [0.15, 0.2) is 0 Å². The van der Waals surface area contributed by atoms with Gasteiger partial charge in [-0.3, -0.25) is 4.90 Å². The first kappa shape index (κ1) is 15.9. The normalized spacial score (nSPS) is 22.5. The van der Waals surface area contributed by atoms with Gasteiger partial charge in [0.05, 0.1) is 5.37 Å². The molecule has 0 aromatic carbocycles. The van der Waals surface area contributed by atoms with Crippen molar-refractivity contribution in [3.63, 3.8) is 0 Å². The molecule has 2 amide bonds. The molecule has 2 N–H and O–H groups in total. The van der Waals surface area contributed by atoms with Gasteiger partial charge in [0, 0.05) is 12.3 Å². The maximum Gasteiger partial charge on any atom is 0.327 e. The molecule has 108 valence electrons. The lowest BCUT2D eigenvalue weighted by Crippen LogP contribution is -2.51. The molecule has 1 heterocycles. The number of nitrogens with zero attached hydrogens (tertiary/aromatic N) is 1. The van der Waals surface area contributed by atoms with E-state index < -0.39 is 12.0 Å². The third-order valence-corrected chi connectivity index (χ3v) is 4.51. The van der Waals surface area contributed by atoms with Gasteiger partial charge in [0.2, 0.25) is 0 Å². The van der Waals surface area contributed by atoms with Crippen LogP contribution in [0.1, 0.15) is 27.7 Å². The van der Waals surface area contributed by atoms with E-state index in [4.69, 9.17) is 0 Å². The van der Waals surface area contributed by atoms with Gasteiger partial charge in [-0.25, -0.2) is 9.59 Å². The minimum absolute atomic E-state index is 0.0761. The number of hydrogen-bond acceptors (Lipinski definition) is 3. The van der Waals surface area contributed by atoms with Crippen molar-refractivity contribution in [3.05, 3.63) is 11.6 Å². The van der Waals surface area contributed by atoms with E-state index in [2.05, 4.69) is 5.32 Å². The SMILES string of the molecule is CC(C)=CCNC(=O)N1C(C(=O)O)CSC1C(C)C. The van der Waals surface area contributed by atoms with E-state index in [1.54, 1.807) is 0 Å². The largest absolute Gasteiger partial charge is 0.480 e. The predicted octanol–water partition coefficient (Wildman–Crippen LogP) is 2.15. The first-order valence-corrected chi connectivity index (χ1v) is 7.43. The zero-order chi connectivity index (χ0) is 14.6. The van der Waals surface area contributed by atoms with Crippen molar-refractivity contribution in [1.29, 1.82) is 0 Å². The summed E-state index contributed by atoms with van der Waals surface area (Å²) >= 11 is 1.53. The van der Waals surface area contributed by atoms with Crippen LogP contribution < -0.4 is 5.32 Å². The fourth-order valence-corrected chi connectivity index (χ4v) is 3.39. The standard InChI is InChI=1S/C13H22N2O3S/c1-8(2)5-6-14-13(18)15-10(12(16)17)7-19-11(15)9(3)4/h5,9-11H,6-7H2,1-4H3,(H,14,18)(H,16,17). The highest BCUT2D eigenvalue weighted by molar-refractivity contribution is 8.00. The summed E-state index contributed by atoms with van der Waals surface area (Å²) in [4.78, 5) is 24.9. The first-order valence-electron chi connectivity index (χ1n) is 6.38.